The summed E-state index contributed by atoms with van der Waals surface area (Å²) in [5, 5.41) is 34.3. The molecular formula is C8H12NNaO11. The van der Waals surface area contributed by atoms with Crippen molar-refractivity contribution >= 4 is 30.2 Å². The molecule has 0 fully saturated rings. The number of aliphatic carboxylic acids is 1. The van der Waals surface area contributed by atoms with E-state index in [-0.39, 0.29) is 37.1 Å². The van der Waals surface area contributed by atoms with E-state index in [0.29, 0.717) is 0 Å². The second-order valence-electron chi connectivity index (χ2n) is 3.17. The van der Waals surface area contributed by atoms with Gasteiger partial charge in [0.25, 0.3) is 0 Å². The molecule has 0 aromatic rings. The minimum absolute atomic E-state index is 0. The fraction of sp³-hybridized carbons (Fsp3) is 0.375. The maximum Gasteiger partial charge on any atom is 1.00 e. The van der Waals surface area contributed by atoms with Crippen molar-refractivity contribution in [2.75, 3.05) is 0 Å². The van der Waals surface area contributed by atoms with Gasteiger partial charge in [0.2, 0.25) is 0 Å². The molecule has 0 saturated heterocycles. The Morgan fingerprint density at radius 2 is 1.14 bits per heavy atom. The first-order valence-corrected chi connectivity index (χ1v) is 4.40. The van der Waals surface area contributed by atoms with E-state index in [0.717, 1.165) is 0 Å². The molecule has 0 aliphatic heterocycles. The van der Waals surface area contributed by atoms with Gasteiger partial charge in [0.1, 0.15) is 0 Å². The Morgan fingerprint density at radius 3 is 1.33 bits per heavy atom. The molecule has 116 valence electrons. The van der Waals surface area contributed by atoms with Crippen LogP contribution in [0.4, 0.5) is 9.59 Å². The number of esters is 2. The van der Waals surface area contributed by atoms with Crippen LogP contribution in [0.1, 0.15) is 14.3 Å². The van der Waals surface area contributed by atoms with Gasteiger partial charge in [-0.25, -0.2) is 14.4 Å². The number of carbonyl (C=O) groups excluding carboxylic acids is 2. The van der Waals surface area contributed by atoms with Gasteiger partial charge in [0.05, 0.1) is 12.8 Å². The molecule has 0 aliphatic carbocycles. The number of carboxylic acid groups (broad SMARTS) is 3. The van der Waals surface area contributed by atoms with Crippen molar-refractivity contribution in [3.63, 3.8) is 0 Å². The molecule has 21 heavy (non-hydrogen) atoms. The third-order valence-electron chi connectivity index (χ3n) is 1.67. The molecule has 0 unspecified atom stereocenters. The number of hydrogen-bond acceptors (Lipinski definition) is 9. The number of aliphatic hydroxyl groups is 1. The van der Waals surface area contributed by atoms with E-state index in [1.165, 1.54) is 0 Å². The first kappa shape index (κ1) is 24.3. The molecule has 0 atom stereocenters. The SMILES string of the molecule is N.O=C(O)OC(=O)CC(O)(CC(=O)OC(=O)O)C(=O)O.[H-].[Na+]. The van der Waals surface area contributed by atoms with Gasteiger partial charge in [-0.05, 0) is 0 Å². The van der Waals surface area contributed by atoms with Gasteiger partial charge >= 0.3 is 59.8 Å². The van der Waals surface area contributed by atoms with E-state index in [4.69, 9.17) is 15.3 Å². The van der Waals surface area contributed by atoms with Crippen LogP contribution in [0.2, 0.25) is 0 Å². The van der Waals surface area contributed by atoms with E-state index in [2.05, 4.69) is 9.47 Å². The monoisotopic (exact) mass is 321 g/mol. The first-order chi connectivity index (χ1) is 8.56. The van der Waals surface area contributed by atoms with Crippen LogP contribution in [-0.2, 0) is 23.9 Å². The summed E-state index contributed by atoms with van der Waals surface area (Å²) in [5.41, 5.74) is -3.04. The number of rotatable bonds is 5. The second kappa shape index (κ2) is 10.1. The smallest absolute Gasteiger partial charge is 1.00 e. The van der Waals surface area contributed by atoms with Crippen molar-refractivity contribution in [3.05, 3.63) is 0 Å². The van der Waals surface area contributed by atoms with Gasteiger partial charge in [-0.3, -0.25) is 9.59 Å². The molecule has 13 heteroatoms. The summed E-state index contributed by atoms with van der Waals surface area (Å²) in [5.74, 6) is -5.33. The van der Waals surface area contributed by atoms with Gasteiger partial charge in [-0.15, -0.1) is 0 Å². The molecule has 12 nitrogen and oxygen atoms in total. The van der Waals surface area contributed by atoms with Gasteiger partial charge in [0.15, 0.2) is 5.60 Å². The van der Waals surface area contributed by atoms with Crippen LogP contribution in [0.15, 0.2) is 0 Å². The predicted molar refractivity (Wildman–Crippen MR) is 56.2 cm³/mol. The standard InChI is InChI=1S/C8H8O11.H3N.Na.H/c9-3(18-6(13)14)1-8(17,5(11)12)2-4(10)19-7(15)16;;;/h17H,1-2H2,(H,11,12)(H,13,14)(H,15,16);1H3;;/q;;+1;-1. The van der Waals surface area contributed by atoms with Crippen molar-refractivity contribution < 1.29 is 84.9 Å². The van der Waals surface area contributed by atoms with Crippen molar-refractivity contribution in [3.8, 4) is 0 Å². The number of hydrogen-bond donors (Lipinski definition) is 5. The van der Waals surface area contributed by atoms with Crippen LogP contribution in [0.5, 0.6) is 0 Å². The first-order valence-electron chi connectivity index (χ1n) is 4.40. The van der Waals surface area contributed by atoms with Gasteiger partial charge in [0, 0.05) is 0 Å². The van der Waals surface area contributed by atoms with Gasteiger partial charge in [-0.1, -0.05) is 0 Å². The summed E-state index contributed by atoms with van der Waals surface area (Å²) in [6.07, 6.45) is -6.84. The summed E-state index contributed by atoms with van der Waals surface area (Å²) in [6, 6.07) is 0. The summed E-state index contributed by atoms with van der Waals surface area (Å²) in [7, 11) is 0. The van der Waals surface area contributed by atoms with Crippen LogP contribution in [0, 0.1) is 0 Å². The normalized spacial score (nSPS) is 9.38. The van der Waals surface area contributed by atoms with Gasteiger partial charge in [-0.2, -0.15) is 0 Å². The fourth-order valence-electron chi connectivity index (χ4n) is 0.958. The van der Waals surface area contributed by atoms with Crippen LogP contribution in [0.25, 0.3) is 0 Å². The number of carbonyl (C=O) groups is 5. The topological polar surface area (TPSA) is 220 Å². The summed E-state index contributed by atoms with van der Waals surface area (Å²) in [4.78, 5) is 52.5. The molecule has 0 radical (unpaired) electrons. The Morgan fingerprint density at radius 1 is 0.857 bits per heavy atom. The molecular weight excluding hydrogens is 309 g/mol. The largest absolute Gasteiger partial charge is 1.00 e. The Hall–Kier alpha value is -1.73. The summed E-state index contributed by atoms with van der Waals surface area (Å²) >= 11 is 0. The maximum atomic E-state index is 10.9. The average molecular weight is 321 g/mol. The van der Waals surface area contributed by atoms with Crippen molar-refractivity contribution in [1.29, 1.82) is 0 Å². The Kier molecular flexibility index (Phi) is 11.6. The van der Waals surface area contributed by atoms with Crippen LogP contribution in [-0.4, -0.2) is 56.2 Å². The van der Waals surface area contributed by atoms with Crippen molar-refractivity contribution in [1.82, 2.24) is 6.15 Å². The number of carboxylic acids is 1. The molecule has 0 aromatic heterocycles. The van der Waals surface area contributed by atoms with Crippen molar-refractivity contribution in [2.24, 2.45) is 0 Å². The Labute approximate surface area is 140 Å². The number of ether oxygens (including phenoxy) is 2. The minimum atomic E-state index is -3.04. The van der Waals surface area contributed by atoms with E-state index in [1.54, 1.807) is 0 Å². The second-order valence-corrected chi connectivity index (χ2v) is 3.17. The third-order valence-corrected chi connectivity index (χ3v) is 1.67. The zero-order chi connectivity index (χ0) is 15.2. The maximum absolute atomic E-state index is 10.9. The molecule has 0 saturated carbocycles. The van der Waals surface area contributed by atoms with Crippen LogP contribution < -0.4 is 35.7 Å². The zero-order valence-corrected chi connectivity index (χ0v) is 12.8. The minimum Gasteiger partial charge on any atom is -1.00 e. The van der Waals surface area contributed by atoms with Crippen LogP contribution in [0.3, 0.4) is 0 Å². The molecule has 0 aromatic carbocycles. The van der Waals surface area contributed by atoms with Gasteiger partial charge < -0.3 is 37.5 Å². The van der Waals surface area contributed by atoms with E-state index < -0.39 is 48.7 Å². The predicted octanol–water partition coefficient (Wildman–Crippen LogP) is -3.70. The fourth-order valence-corrected chi connectivity index (χ4v) is 0.958. The summed E-state index contributed by atoms with van der Waals surface area (Å²) < 4.78 is 7.09. The molecule has 7 N–H and O–H groups in total. The Bertz CT molecular complexity index is 410. The molecule has 0 amide bonds. The van der Waals surface area contributed by atoms with E-state index >= 15 is 0 Å². The zero-order valence-electron chi connectivity index (χ0n) is 11.8. The molecule has 0 spiro atoms. The molecule has 0 bridgehead atoms. The molecule has 0 rings (SSSR count). The molecule has 0 heterocycles. The van der Waals surface area contributed by atoms with Crippen molar-refractivity contribution in [2.45, 2.75) is 18.4 Å². The molecule has 0 aliphatic rings. The average Bonchev–Trinajstić information content (AvgIpc) is 2.12. The Balaban J connectivity index is -0.000000540. The van der Waals surface area contributed by atoms with E-state index in [1.807, 2.05) is 0 Å². The third kappa shape index (κ3) is 9.75. The summed E-state index contributed by atoms with van der Waals surface area (Å²) in [6.45, 7) is 0. The van der Waals surface area contributed by atoms with E-state index in [9.17, 15) is 29.1 Å². The quantitative estimate of drug-likeness (QED) is 0.187. The van der Waals surface area contributed by atoms with Crippen LogP contribution >= 0.6 is 0 Å².